The summed E-state index contributed by atoms with van der Waals surface area (Å²) in [6, 6.07) is 8.82. The molecule has 2 rings (SSSR count). The van der Waals surface area contributed by atoms with E-state index in [4.69, 9.17) is 0 Å². The fraction of sp³-hybridized carbons (Fsp3) is 0.524. The fourth-order valence-corrected chi connectivity index (χ4v) is 3.02. The van der Waals surface area contributed by atoms with Gasteiger partial charge in [-0.05, 0) is 47.3 Å². The van der Waals surface area contributed by atoms with Gasteiger partial charge in [-0.3, -0.25) is 0 Å². The van der Waals surface area contributed by atoms with E-state index in [0.717, 1.165) is 12.3 Å². The molecule has 1 aromatic carbocycles. The second-order valence-electron chi connectivity index (χ2n) is 6.36. The Kier molecular flexibility index (Phi) is 10.8. The Balaban J connectivity index is 0.00000141. The molecule has 1 aliphatic rings. The van der Waals surface area contributed by atoms with Crippen LogP contribution in [0.2, 0.25) is 0 Å². The summed E-state index contributed by atoms with van der Waals surface area (Å²) < 4.78 is 0. The van der Waals surface area contributed by atoms with Gasteiger partial charge in [-0.25, -0.2) is 0 Å². The van der Waals surface area contributed by atoms with Gasteiger partial charge in [0.15, 0.2) is 0 Å². The highest BCUT2D eigenvalue weighted by molar-refractivity contribution is 14.0. The first-order chi connectivity index (χ1) is 10.1. The van der Waals surface area contributed by atoms with E-state index >= 15 is 0 Å². The molecule has 0 amide bonds. The smallest absolute Gasteiger partial charge is 0.0133 e. The Morgan fingerprint density at radius 3 is 2.23 bits per heavy atom. The highest BCUT2D eigenvalue weighted by atomic mass is 127. The van der Waals surface area contributed by atoms with Crippen molar-refractivity contribution >= 4 is 35.6 Å². The van der Waals surface area contributed by atoms with Gasteiger partial charge < -0.3 is 0 Å². The van der Waals surface area contributed by atoms with E-state index in [1.54, 1.807) is 5.57 Å². The van der Waals surface area contributed by atoms with E-state index in [9.17, 15) is 0 Å². The van der Waals surface area contributed by atoms with Crippen molar-refractivity contribution in [2.24, 2.45) is 17.8 Å². The molecule has 0 aromatic heterocycles. The molecule has 0 radical (unpaired) electrons. The highest BCUT2D eigenvalue weighted by Gasteiger charge is 2.22. The summed E-state index contributed by atoms with van der Waals surface area (Å²) in [4.78, 5) is 0. The van der Waals surface area contributed by atoms with Crippen LogP contribution in [0.25, 0.3) is 11.6 Å². The van der Waals surface area contributed by atoms with Crippen LogP contribution in [0, 0.1) is 17.8 Å². The summed E-state index contributed by atoms with van der Waals surface area (Å²) >= 11 is 0. The number of allylic oxidation sites excluding steroid dienone is 3. The first-order valence-electron chi connectivity index (χ1n) is 8.55. The minimum atomic E-state index is 0. The van der Waals surface area contributed by atoms with E-state index in [0.29, 0.717) is 11.8 Å². The summed E-state index contributed by atoms with van der Waals surface area (Å²) in [6.45, 7) is 13.4. The third kappa shape index (κ3) is 5.91. The predicted molar refractivity (Wildman–Crippen MR) is 113 cm³/mol. The van der Waals surface area contributed by atoms with Crippen molar-refractivity contribution in [3.05, 3.63) is 47.5 Å². The Labute approximate surface area is 155 Å². The summed E-state index contributed by atoms with van der Waals surface area (Å²) in [5.41, 5.74) is 4.38. The fourth-order valence-electron chi connectivity index (χ4n) is 3.02. The third-order valence-electron chi connectivity index (χ3n) is 3.97. The van der Waals surface area contributed by atoms with Crippen molar-refractivity contribution in [1.82, 2.24) is 0 Å². The van der Waals surface area contributed by atoms with Crippen molar-refractivity contribution < 1.29 is 0 Å². The second-order valence-corrected chi connectivity index (χ2v) is 6.36. The zero-order valence-corrected chi connectivity index (χ0v) is 17.4. The molecule has 0 saturated carbocycles. The molecular weight excluding hydrogens is 379 g/mol. The van der Waals surface area contributed by atoms with Gasteiger partial charge in [-0.1, -0.05) is 84.0 Å². The Morgan fingerprint density at radius 2 is 1.64 bits per heavy atom. The number of hydrogen-bond acceptors (Lipinski definition) is 0. The topological polar surface area (TPSA) is 0 Å². The maximum absolute atomic E-state index is 2.44. The van der Waals surface area contributed by atoms with E-state index in [1.165, 1.54) is 17.5 Å². The average molecular weight is 412 g/mol. The lowest BCUT2D eigenvalue weighted by atomic mass is 9.78. The number of halogens is 1. The maximum Gasteiger partial charge on any atom is -0.0133 e. The van der Waals surface area contributed by atoms with E-state index in [2.05, 4.69) is 70.2 Å². The van der Waals surface area contributed by atoms with Crippen LogP contribution in [0.4, 0.5) is 0 Å². The molecule has 1 aromatic rings. The Hall–Kier alpha value is -0.570. The molecule has 124 valence electrons. The van der Waals surface area contributed by atoms with Gasteiger partial charge in [-0.2, -0.15) is 0 Å². The normalized spacial score (nSPS) is 14.3. The van der Waals surface area contributed by atoms with Crippen LogP contribution in [0.1, 0.15) is 65.5 Å². The average Bonchev–Trinajstić information content (AvgIpc) is 2.69. The lowest BCUT2D eigenvalue weighted by Gasteiger charge is -2.27. The predicted octanol–water partition coefficient (Wildman–Crippen LogP) is 7.45. The second kappa shape index (κ2) is 11.0. The van der Waals surface area contributed by atoms with Crippen LogP contribution in [0.5, 0.6) is 0 Å². The minimum absolute atomic E-state index is 0. The SMILES string of the molecule is CC.CC(C)CC(C1=CCC=Cc2ccccc21)C(C)C.I. The molecule has 1 aliphatic carbocycles. The van der Waals surface area contributed by atoms with E-state index in [-0.39, 0.29) is 24.0 Å². The number of hydrogen-bond donors (Lipinski definition) is 0. The molecule has 0 fully saturated rings. The van der Waals surface area contributed by atoms with Crippen molar-refractivity contribution in [3.63, 3.8) is 0 Å². The first-order valence-corrected chi connectivity index (χ1v) is 8.55. The van der Waals surface area contributed by atoms with Gasteiger partial charge in [0, 0.05) is 0 Å². The zero-order valence-electron chi connectivity index (χ0n) is 15.1. The molecule has 1 atom stereocenters. The summed E-state index contributed by atoms with van der Waals surface area (Å²) in [6.07, 6.45) is 9.32. The third-order valence-corrected chi connectivity index (χ3v) is 3.97. The van der Waals surface area contributed by atoms with Crippen LogP contribution in [0.3, 0.4) is 0 Å². The summed E-state index contributed by atoms with van der Waals surface area (Å²) in [7, 11) is 0. The minimum Gasteiger partial charge on any atom is -0.107 e. The van der Waals surface area contributed by atoms with Crippen LogP contribution in [0.15, 0.2) is 36.4 Å². The number of rotatable bonds is 4. The molecular formula is C21H33I. The van der Waals surface area contributed by atoms with Gasteiger partial charge in [0.25, 0.3) is 0 Å². The van der Waals surface area contributed by atoms with Crippen LogP contribution in [-0.4, -0.2) is 0 Å². The van der Waals surface area contributed by atoms with Crippen molar-refractivity contribution in [2.45, 2.75) is 54.4 Å². The van der Waals surface area contributed by atoms with Gasteiger partial charge in [0.05, 0.1) is 0 Å². The molecule has 1 unspecified atom stereocenters. The molecule has 0 aliphatic heterocycles. The van der Waals surface area contributed by atoms with Crippen molar-refractivity contribution in [1.29, 1.82) is 0 Å². The van der Waals surface area contributed by atoms with Crippen LogP contribution in [-0.2, 0) is 0 Å². The van der Waals surface area contributed by atoms with Crippen LogP contribution < -0.4 is 0 Å². The van der Waals surface area contributed by atoms with Crippen LogP contribution >= 0.6 is 24.0 Å². The van der Waals surface area contributed by atoms with Gasteiger partial charge in [0.2, 0.25) is 0 Å². The molecule has 0 nitrogen and oxygen atoms in total. The standard InChI is InChI=1S/C19H26.C2H6.HI/c1-14(2)13-19(15(3)4)18-12-8-6-10-16-9-5-7-11-17(16)18;1-2;/h5-7,9-12,14-15,19H,8,13H2,1-4H3;1-2H3;1H. The highest BCUT2D eigenvalue weighted by Crippen LogP contribution is 2.37. The quantitative estimate of drug-likeness (QED) is 0.451. The maximum atomic E-state index is 2.44. The molecule has 0 spiro atoms. The van der Waals surface area contributed by atoms with Crippen molar-refractivity contribution in [3.8, 4) is 0 Å². The van der Waals surface area contributed by atoms with Crippen molar-refractivity contribution in [2.75, 3.05) is 0 Å². The molecule has 0 heterocycles. The Morgan fingerprint density at radius 1 is 1.00 bits per heavy atom. The largest absolute Gasteiger partial charge is 0.107 e. The Bertz CT molecular complexity index is 480. The van der Waals surface area contributed by atoms with Gasteiger partial charge in [-0.15, -0.1) is 24.0 Å². The van der Waals surface area contributed by atoms with Gasteiger partial charge in [0.1, 0.15) is 0 Å². The summed E-state index contributed by atoms with van der Waals surface area (Å²) in [5, 5.41) is 0. The van der Waals surface area contributed by atoms with E-state index < -0.39 is 0 Å². The molecule has 0 N–H and O–H groups in total. The van der Waals surface area contributed by atoms with E-state index in [1.807, 2.05) is 13.8 Å². The molecule has 1 heteroatoms. The summed E-state index contributed by atoms with van der Waals surface area (Å²) in [5.74, 6) is 2.11. The lowest BCUT2D eigenvalue weighted by Crippen LogP contribution is -2.14. The number of fused-ring (bicyclic) bond motifs is 1. The molecule has 0 bridgehead atoms. The number of benzene rings is 1. The van der Waals surface area contributed by atoms with Gasteiger partial charge >= 0.3 is 0 Å². The lowest BCUT2D eigenvalue weighted by molar-refractivity contribution is 0.391. The molecule has 0 saturated heterocycles. The molecule has 22 heavy (non-hydrogen) atoms. The monoisotopic (exact) mass is 412 g/mol. The first kappa shape index (κ1) is 21.4. The zero-order chi connectivity index (χ0) is 15.8.